The maximum Gasteiger partial charge on any atom is 0.335 e. The predicted molar refractivity (Wildman–Crippen MR) is 151 cm³/mol. The molecule has 0 atom stereocenters. The van der Waals surface area contributed by atoms with Crippen molar-refractivity contribution in [2.75, 3.05) is 23.9 Å². The smallest absolute Gasteiger partial charge is 0.335 e. The molecule has 0 spiro atoms. The Bertz CT molecular complexity index is 1540. The summed E-state index contributed by atoms with van der Waals surface area (Å²) in [6.45, 7) is 1.31. The summed E-state index contributed by atoms with van der Waals surface area (Å²) in [6.07, 6.45) is 1.32. The summed E-state index contributed by atoms with van der Waals surface area (Å²) in [5, 5.41) is 5.58. The molecule has 12 heteroatoms. The van der Waals surface area contributed by atoms with Gasteiger partial charge in [0.05, 0.1) is 28.0 Å². The zero-order chi connectivity index (χ0) is 28.3. The molecule has 0 aliphatic carbocycles. The monoisotopic (exact) mass is 631 g/mol. The lowest BCUT2D eigenvalue weighted by atomic mass is 10.1. The first-order valence-corrected chi connectivity index (χ1v) is 12.9. The molecule has 1 heterocycles. The molecule has 1 saturated heterocycles. The van der Waals surface area contributed by atoms with E-state index in [0.717, 1.165) is 4.90 Å². The minimum absolute atomic E-state index is 0.222. The SMILES string of the molecule is COc1cc(/C=C2/C(=O)NC(=O)N(c3cccc(Cl)c3C)C2=O)cc(Br)c1OCC(=O)Nc1ccccc1Cl. The molecule has 0 radical (unpaired) electrons. The number of hydrogen-bond donors (Lipinski definition) is 2. The van der Waals surface area contributed by atoms with Crippen molar-refractivity contribution >= 4 is 80.3 Å². The van der Waals surface area contributed by atoms with Crippen LogP contribution >= 0.6 is 39.1 Å². The number of ether oxygens (including phenoxy) is 2. The topological polar surface area (TPSA) is 114 Å². The van der Waals surface area contributed by atoms with Crippen LogP contribution in [0.15, 0.2) is 64.6 Å². The first-order valence-electron chi connectivity index (χ1n) is 11.3. The molecule has 0 aromatic heterocycles. The van der Waals surface area contributed by atoms with E-state index in [2.05, 4.69) is 26.6 Å². The summed E-state index contributed by atoms with van der Waals surface area (Å²) < 4.78 is 11.5. The average molecular weight is 633 g/mol. The zero-order valence-corrected chi connectivity index (χ0v) is 23.6. The maximum absolute atomic E-state index is 13.3. The second kappa shape index (κ2) is 11.9. The molecule has 1 fully saturated rings. The Hall–Kier alpha value is -3.86. The number of imide groups is 2. The van der Waals surface area contributed by atoms with E-state index < -0.39 is 23.8 Å². The van der Waals surface area contributed by atoms with Crippen molar-refractivity contribution < 1.29 is 28.7 Å². The number of amides is 5. The molecule has 3 aromatic carbocycles. The Morgan fingerprint density at radius 3 is 2.51 bits per heavy atom. The summed E-state index contributed by atoms with van der Waals surface area (Å²) in [7, 11) is 1.40. The average Bonchev–Trinajstić information content (AvgIpc) is 2.89. The third kappa shape index (κ3) is 6.08. The molecule has 0 saturated carbocycles. The van der Waals surface area contributed by atoms with E-state index in [1.807, 2.05) is 0 Å². The van der Waals surface area contributed by atoms with Gasteiger partial charge in [-0.1, -0.05) is 41.4 Å². The molecule has 1 aliphatic rings. The lowest BCUT2D eigenvalue weighted by Crippen LogP contribution is -2.54. The standard InChI is InChI=1S/C27H20BrCl2N3O6/c1-14-18(29)7-5-9-21(14)33-26(36)16(25(35)32-27(33)37)10-15-11-17(28)24(22(12-15)38-2)39-13-23(34)31-20-8-4-3-6-19(20)30/h3-12H,13H2,1-2H3,(H,31,34)(H,32,35,37)/b16-10-. The Morgan fingerprint density at radius 1 is 1.08 bits per heavy atom. The Morgan fingerprint density at radius 2 is 1.79 bits per heavy atom. The highest BCUT2D eigenvalue weighted by molar-refractivity contribution is 9.10. The number of rotatable bonds is 7. The van der Waals surface area contributed by atoms with E-state index >= 15 is 0 Å². The Labute approximate surface area is 241 Å². The first-order chi connectivity index (χ1) is 18.6. The van der Waals surface area contributed by atoms with Gasteiger partial charge in [0, 0.05) is 5.02 Å². The number of barbiturate groups is 1. The Kier molecular flexibility index (Phi) is 8.59. The fourth-order valence-electron chi connectivity index (χ4n) is 3.73. The number of nitrogens with one attached hydrogen (secondary N) is 2. The molecule has 3 aromatic rings. The number of carbonyl (C=O) groups excluding carboxylic acids is 4. The number of methoxy groups -OCH3 is 1. The molecule has 2 N–H and O–H groups in total. The summed E-state index contributed by atoms with van der Waals surface area (Å²) in [4.78, 5) is 51.7. The number of anilines is 2. The Balaban J connectivity index is 1.58. The van der Waals surface area contributed by atoms with Gasteiger partial charge in [-0.05, 0) is 76.5 Å². The quantitative estimate of drug-likeness (QED) is 0.253. The van der Waals surface area contributed by atoms with Gasteiger partial charge in [-0.3, -0.25) is 19.7 Å². The fraction of sp³-hybridized carbons (Fsp3) is 0.111. The molecule has 4 rings (SSSR count). The van der Waals surface area contributed by atoms with Crippen LogP contribution in [-0.4, -0.2) is 37.5 Å². The molecular weight excluding hydrogens is 613 g/mol. The number of halogens is 3. The van der Waals surface area contributed by atoms with Gasteiger partial charge < -0.3 is 14.8 Å². The van der Waals surface area contributed by atoms with Crippen LogP contribution in [-0.2, 0) is 14.4 Å². The van der Waals surface area contributed by atoms with Gasteiger partial charge in [0.1, 0.15) is 5.57 Å². The second-order valence-electron chi connectivity index (χ2n) is 8.19. The highest BCUT2D eigenvalue weighted by Gasteiger charge is 2.37. The van der Waals surface area contributed by atoms with Crippen molar-refractivity contribution in [1.29, 1.82) is 0 Å². The van der Waals surface area contributed by atoms with Gasteiger partial charge in [-0.15, -0.1) is 0 Å². The van der Waals surface area contributed by atoms with Gasteiger partial charge >= 0.3 is 6.03 Å². The van der Waals surface area contributed by atoms with Crippen molar-refractivity contribution in [3.8, 4) is 11.5 Å². The molecule has 9 nitrogen and oxygen atoms in total. The summed E-state index contributed by atoms with van der Waals surface area (Å²) in [5.41, 5.74) is 1.30. The van der Waals surface area contributed by atoms with Crippen LogP contribution in [0.3, 0.4) is 0 Å². The van der Waals surface area contributed by atoms with E-state index in [4.69, 9.17) is 32.7 Å². The van der Waals surface area contributed by atoms with E-state index in [1.54, 1.807) is 55.5 Å². The molecule has 5 amide bonds. The minimum atomic E-state index is -0.884. The number of hydrogen-bond acceptors (Lipinski definition) is 6. The minimum Gasteiger partial charge on any atom is -0.493 e. The van der Waals surface area contributed by atoms with Crippen molar-refractivity contribution in [1.82, 2.24) is 5.32 Å². The number of benzene rings is 3. The molecule has 0 bridgehead atoms. The van der Waals surface area contributed by atoms with Gasteiger partial charge in [-0.25, -0.2) is 9.69 Å². The van der Waals surface area contributed by atoms with Crippen LogP contribution in [0.25, 0.3) is 6.08 Å². The van der Waals surface area contributed by atoms with E-state index in [0.29, 0.717) is 31.3 Å². The zero-order valence-electron chi connectivity index (χ0n) is 20.5. The predicted octanol–water partition coefficient (Wildman–Crippen LogP) is 5.76. The van der Waals surface area contributed by atoms with Gasteiger partial charge in [0.25, 0.3) is 17.7 Å². The largest absolute Gasteiger partial charge is 0.493 e. The van der Waals surface area contributed by atoms with E-state index in [9.17, 15) is 19.2 Å². The van der Waals surface area contributed by atoms with Crippen LogP contribution in [0.2, 0.25) is 10.0 Å². The van der Waals surface area contributed by atoms with Crippen LogP contribution in [0, 0.1) is 6.92 Å². The van der Waals surface area contributed by atoms with Gasteiger partial charge in [-0.2, -0.15) is 0 Å². The highest BCUT2D eigenvalue weighted by Crippen LogP contribution is 2.38. The third-order valence-corrected chi connectivity index (χ3v) is 6.97. The molecule has 200 valence electrons. The summed E-state index contributed by atoms with van der Waals surface area (Å²) in [5.74, 6) is -1.68. The van der Waals surface area contributed by atoms with E-state index in [-0.39, 0.29) is 29.4 Å². The van der Waals surface area contributed by atoms with Crippen LogP contribution < -0.4 is 25.0 Å². The lowest BCUT2D eigenvalue weighted by molar-refractivity contribution is -0.122. The third-order valence-electron chi connectivity index (χ3n) is 5.64. The molecule has 0 unspecified atom stereocenters. The van der Waals surface area contributed by atoms with Crippen molar-refractivity contribution in [3.05, 3.63) is 85.8 Å². The number of nitrogens with zero attached hydrogens (tertiary/aromatic N) is 1. The van der Waals surface area contributed by atoms with Crippen LogP contribution in [0.5, 0.6) is 11.5 Å². The summed E-state index contributed by atoms with van der Waals surface area (Å²) in [6, 6.07) is 13.8. The normalized spacial score (nSPS) is 14.3. The van der Waals surface area contributed by atoms with E-state index in [1.165, 1.54) is 19.3 Å². The van der Waals surface area contributed by atoms with Crippen LogP contribution in [0.1, 0.15) is 11.1 Å². The van der Waals surface area contributed by atoms with Crippen LogP contribution in [0.4, 0.5) is 16.2 Å². The highest BCUT2D eigenvalue weighted by atomic mass is 79.9. The molecule has 39 heavy (non-hydrogen) atoms. The maximum atomic E-state index is 13.3. The van der Waals surface area contributed by atoms with Crippen molar-refractivity contribution in [2.24, 2.45) is 0 Å². The van der Waals surface area contributed by atoms with Gasteiger partial charge in [0.2, 0.25) is 0 Å². The first kappa shape index (κ1) is 28.2. The molecular formula is C27H20BrCl2N3O6. The second-order valence-corrected chi connectivity index (χ2v) is 9.86. The fourth-order valence-corrected chi connectivity index (χ4v) is 4.66. The van der Waals surface area contributed by atoms with Crippen molar-refractivity contribution in [3.63, 3.8) is 0 Å². The summed E-state index contributed by atoms with van der Waals surface area (Å²) >= 11 is 15.6. The number of para-hydroxylation sites is 1. The number of carbonyl (C=O) groups is 4. The molecule has 1 aliphatic heterocycles. The lowest BCUT2D eigenvalue weighted by Gasteiger charge is -2.27. The number of urea groups is 1. The van der Waals surface area contributed by atoms with Crippen molar-refractivity contribution in [2.45, 2.75) is 6.92 Å². The van der Waals surface area contributed by atoms with Gasteiger partial charge in [0.15, 0.2) is 18.1 Å².